The molecule has 3 heteroatoms. The summed E-state index contributed by atoms with van der Waals surface area (Å²) in [6.07, 6.45) is 0.759. The van der Waals surface area contributed by atoms with Crippen LogP contribution < -0.4 is 0 Å². The molecule has 2 rings (SSSR count). The zero-order chi connectivity index (χ0) is 11.8. The second-order valence-corrected chi connectivity index (χ2v) is 5.23. The minimum atomic E-state index is -0.775. The minimum Gasteiger partial charge on any atom is -0.384 e. The highest BCUT2D eigenvalue weighted by molar-refractivity contribution is 6.31. The summed E-state index contributed by atoms with van der Waals surface area (Å²) in [4.78, 5) is 2.28. The molecule has 1 aliphatic heterocycles. The lowest BCUT2D eigenvalue weighted by Gasteiger charge is -2.26. The van der Waals surface area contributed by atoms with E-state index in [-0.39, 0.29) is 0 Å². The van der Waals surface area contributed by atoms with Crippen molar-refractivity contribution in [1.29, 1.82) is 0 Å². The second-order valence-electron chi connectivity index (χ2n) is 4.83. The molecule has 1 N–H and O–H groups in total. The number of halogens is 1. The monoisotopic (exact) mass is 239 g/mol. The van der Waals surface area contributed by atoms with Crippen LogP contribution in [0.4, 0.5) is 0 Å². The van der Waals surface area contributed by atoms with Gasteiger partial charge in [0.05, 0.1) is 0 Å². The van der Waals surface area contributed by atoms with Crippen molar-refractivity contribution in [2.75, 3.05) is 13.1 Å². The number of hydrogen-bond acceptors (Lipinski definition) is 2. The number of β-amino-alcohol motifs (C(OH)–C–C–N with tert-alkyl or cyclic N) is 1. The number of hydrogen-bond donors (Lipinski definition) is 1. The second kappa shape index (κ2) is 4.36. The van der Waals surface area contributed by atoms with E-state index in [0.717, 1.165) is 18.5 Å². The summed E-state index contributed by atoms with van der Waals surface area (Å²) in [7, 11) is 0. The first-order valence-electron chi connectivity index (χ1n) is 5.74. The molecule has 1 aromatic carbocycles. The zero-order valence-electron chi connectivity index (χ0n) is 9.78. The van der Waals surface area contributed by atoms with Crippen molar-refractivity contribution in [2.45, 2.75) is 31.9 Å². The first kappa shape index (κ1) is 11.9. The first-order chi connectivity index (χ1) is 7.53. The number of likely N-dealkylation sites (tertiary alicyclic amines) is 1. The molecule has 0 aromatic heterocycles. The molecule has 1 aromatic rings. The van der Waals surface area contributed by atoms with Crippen molar-refractivity contribution >= 4 is 11.6 Å². The Balaban J connectivity index is 2.25. The van der Waals surface area contributed by atoms with Gasteiger partial charge in [-0.1, -0.05) is 29.8 Å². The smallest absolute Gasteiger partial charge is 0.105 e. The maximum Gasteiger partial charge on any atom is 0.105 e. The van der Waals surface area contributed by atoms with E-state index in [0.29, 0.717) is 17.6 Å². The van der Waals surface area contributed by atoms with Gasteiger partial charge in [0.2, 0.25) is 0 Å². The Morgan fingerprint density at radius 1 is 1.38 bits per heavy atom. The van der Waals surface area contributed by atoms with Gasteiger partial charge in [-0.15, -0.1) is 0 Å². The predicted octanol–water partition coefficient (Wildman–Crippen LogP) is 2.64. The molecule has 0 spiro atoms. The fourth-order valence-corrected chi connectivity index (χ4v) is 2.63. The van der Waals surface area contributed by atoms with E-state index >= 15 is 0 Å². The summed E-state index contributed by atoms with van der Waals surface area (Å²) in [5.41, 5.74) is 0.0858. The van der Waals surface area contributed by atoms with E-state index < -0.39 is 5.60 Å². The van der Waals surface area contributed by atoms with Gasteiger partial charge in [-0.05, 0) is 26.3 Å². The summed E-state index contributed by atoms with van der Waals surface area (Å²) in [5, 5.41) is 11.3. The summed E-state index contributed by atoms with van der Waals surface area (Å²) < 4.78 is 0. The molecule has 1 heterocycles. The highest BCUT2D eigenvalue weighted by Gasteiger charge is 2.39. The number of rotatable bonds is 2. The quantitative estimate of drug-likeness (QED) is 0.858. The van der Waals surface area contributed by atoms with Crippen LogP contribution in [0.1, 0.15) is 25.8 Å². The van der Waals surface area contributed by atoms with Crippen LogP contribution in [0.2, 0.25) is 5.02 Å². The lowest BCUT2D eigenvalue weighted by molar-refractivity contribution is 0.0426. The Bertz CT molecular complexity index is 380. The molecule has 16 heavy (non-hydrogen) atoms. The molecule has 1 fully saturated rings. The summed E-state index contributed by atoms with van der Waals surface area (Å²) in [6, 6.07) is 8.05. The topological polar surface area (TPSA) is 23.5 Å². The predicted molar refractivity (Wildman–Crippen MR) is 66.7 cm³/mol. The SMILES string of the molecule is CC(C)N1CCC(O)(c2ccccc2Cl)C1. The Morgan fingerprint density at radius 2 is 2.06 bits per heavy atom. The molecular formula is C13H18ClNO. The van der Waals surface area contributed by atoms with Gasteiger partial charge in [0, 0.05) is 29.7 Å². The first-order valence-corrected chi connectivity index (χ1v) is 6.12. The van der Waals surface area contributed by atoms with Gasteiger partial charge in [-0.25, -0.2) is 0 Å². The van der Waals surface area contributed by atoms with Crippen LogP contribution in [0.25, 0.3) is 0 Å². The fourth-order valence-electron chi connectivity index (χ4n) is 2.32. The van der Waals surface area contributed by atoms with Crippen molar-refractivity contribution in [3.05, 3.63) is 34.9 Å². The number of benzene rings is 1. The van der Waals surface area contributed by atoms with Gasteiger partial charge in [-0.3, -0.25) is 4.90 Å². The molecule has 1 saturated heterocycles. The lowest BCUT2D eigenvalue weighted by atomic mass is 9.93. The number of nitrogens with zero attached hydrogens (tertiary/aromatic N) is 1. The molecule has 1 aliphatic rings. The van der Waals surface area contributed by atoms with Crippen LogP contribution in [0, 0.1) is 0 Å². The van der Waals surface area contributed by atoms with Crippen LogP contribution in [0.3, 0.4) is 0 Å². The number of aliphatic hydroxyl groups is 1. The molecule has 0 aliphatic carbocycles. The van der Waals surface area contributed by atoms with Gasteiger partial charge >= 0.3 is 0 Å². The maximum absolute atomic E-state index is 10.6. The van der Waals surface area contributed by atoms with E-state index in [1.165, 1.54) is 0 Å². The average Bonchev–Trinajstić information content (AvgIpc) is 2.63. The van der Waals surface area contributed by atoms with Gasteiger partial charge < -0.3 is 5.11 Å². The standard InChI is InChI=1S/C13H18ClNO/c1-10(2)15-8-7-13(16,9-15)11-5-3-4-6-12(11)14/h3-6,10,16H,7-9H2,1-2H3. The third kappa shape index (κ3) is 2.10. The van der Waals surface area contributed by atoms with E-state index in [4.69, 9.17) is 11.6 Å². The van der Waals surface area contributed by atoms with Crippen molar-refractivity contribution in [1.82, 2.24) is 4.90 Å². The van der Waals surface area contributed by atoms with Crippen LogP contribution >= 0.6 is 11.6 Å². The summed E-state index contributed by atoms with van der Waals surface area (Å²) in [5.74, 6) is 0. The van der Waals surface area contributed by atoms with Gasteiger partial charge in [0.1, 0.15) is 5.60 Å². The van der Waals surface area contributed by atoms with Crippen LogP contribution in [-0.4, -0.2) is 29.1 Å². The fraction of sp³-hybridized carbons (Fsp3) is 0.538. The maximum atomic E-state index is 10.6. The van der Waals surface area contributed by atoms with Crippen molar-refractivity contribution in [3.63, 3.8) is 0 Å². The van der Waals surface area contributed by atoms with Crippen LogP contribution in [0.5, 0.6) is 0 Å². The van der Waals surface area contributed by atoms with Crippen molar-refractivity contribution in [3.8, 4) is 0 Å². The highest BCUT2D eigenvalue weighted by atomic mass is 35.5. The van der Waals surface area contributed by atoms with E-state index in [2.05, 4.69) is 18.7 Å². The Morgan fingerprint density at radius 3 is 2.62 bits per heavy atom. The summed E-state index contributed by atoms with van der Waals surface area (Å²) in [6.45, 7) is 5.91. The molecule has 88 valence electrons. The lowest BCUT2D eigenvalue weighted by Crippen LogP contribution is -2.34. The van der Waals surface area contributed by atoms with E-state index in [1.807, 2.05) is 24.3 Å². The van der Waals surface area contributed by atoms with Gasteiger partial charge in [0.25, 0.3) is 0 Å². The van der Waals surface area contributed by atoms with Crippen LogP contribution in [0.15, 0.2) is 24.3 Å². The van der Waals surface area contributed by atoms with Crippen molar-refractivity contribution in [2.24, 2.45) is 0 Å². The Kier molecular flexibility index (Phi) is 3.24. The van der Waals surface area contributed by atoms with Crippen molar-refractivity contribution < 1.29 is 5.11 Å². The molecule has 0 saturated carbocycles. The molecular weight excluding hydrogens is 222 g/mol. The molecule has 1 atom stereocenters. The third-order valence-electron chi connectivity index (χ3n) is 3.38. The van der Waals surface area contributed by atoms with E-state index in [9.17, 15) is 5.11 Å². The average molecular weight is 240 g/mol. The largest absolute Gasteiger partial charge is 0.384 e. The Hall–Kier alpha value is -0.570. The van der Waals surface area contributed by atoms with Crippen LogP contribution in [-0.2, 0) is 5.60 Å². The molecule has 0 amide bonds. The third-order valence-corrected chi connectivity index (χ3v) is 3.71. The van der Waals surface area contributed by atoms with Gasteiger partial charge in [0.15, 0.2) is 0 Å². The van der Waals surface area contributed by atoms with E-state index in [1.54, 1.807) is 0 Å². The highest BCUT2D eigenvalue weighted by Crippen LogP contribution is 2.36. The molecule has 2 nitrogen and oxygen atoms in total. The minimum absolute atomic E-state index is 0.469. The Labute approximate surface area is 102 Å². The molecule has 0 radical (unpaired) electrons. The zero-order valence-corrected chi connectivity index (χ0v) is 10.5. The summed E-state index contributed by atoms with van der Waals surface area (Å²) >= 11 is 6.14. The normalized spacial score (nSPS) is 26.6. The molecule has 1 unspecified atom stereocenters. The van der Waals surface area contributed by atoms with Gasteiger partial charge in [-0.2, -0.15) is 0 Å². The molecule has 0 bridgehead atoms.